The third-order valence-electron chi connectivity index (χ3n) is 5.15. The third-order valence-corrected chi connectivity index (χ3v) is 5.15. The molecule has 6 heteroatoms. The summed E-state index contributed by atoms with van der Waals surface area (Å²) < 4.78 is 11.8. The van der Waals surface area contributed by atoms with Gasteiger partial charge in [0.2, 0.25) is 5.88 Å². The Morgan fingerprint density at radius 3 is 2.70 bits per heavy atom. The van der Waals surface area contributed by atoms with Crippen LogP contribution >= 0.6 is 0 Å². The van der Waals surface area contributed by atoms with Crippen LogP contribution in [0.4, 0.5) is 5.69 Å². The number of ketones is 1. The number of carbonyl (C=O) groups is 1. The van der Waals surface area contributed by atoms with Crippen molar-refractivity contribution in [2.75, 3.05) is 24.6 Å². The molecule has 2 atom stereocenters. The molecule has 1 N–H and O–H groups in total. The molecule has 0 amide bonds. The van der Waals surface area contributed by atoms with Crippen molar-refractivity contribution < 1.29 is 19.4 Å². The van der Waals surface area contributed by atoms with Gasteiger partial charge < -0.3 is 24.3 Å². The fourth-order valence-electron chi connectivity index (χ4n) is 3.60. The summed E-state index contributed by atoms with van der Waals surface area (Å²) in [6, 6.07) is 11.9. The van der Waals surface area contributed by atoms with Crippen molar-refractivity contribution in [2.45, 2.75) is 58.2 Å². The molecule has 0 radical (unpaired) electrons. The lowest BCUT2D eigenvalue weighted by atomic mass is 9.96. The molecule has 0 spiro atoms. The van der Waals surface area contributed by atoms with E-state index in [1.807, 2.05) is 36.4 Å². The van der Waals surface area contributed by atoms with E-state index in [9.17, 15) is 9.90 Å². The summed E-state index contributed by atoms with van der Waals surface area (Å²) in [5.74, 6) is 1.79. The molecule has 6 nitrogen and oxygen atoms in total. The van der Waals surface area contributed by atoms with Gasteiger partial charge in [0.1, 0.15) is 24.2 Å². The highest BCUT2D eigenvalue weighted by atomic mass is 16.5. The minimum Gasteiger partial charge on any atom is -0.489 e. The molecule has 162 valence electrons. The zero-order valence-electron chi connectivity index (χ0n) is 18.3. The molecular formula is C24H32N2O4. The van der Waals surface area contributed by atoms with Crippen molar-refractivity contribution in [3.8, 4) is 11.6 Å². The van der Waals surface area contributed by atoms with Gasteiger partial charge >= 0.3 is 0 Å². The monoisotopic (exact) mass is 412 g/mol. The molecule has 0 saturated carbocycles. The number of rotatable bonds is 9. The molecule has 30 heavy (non-hydrogen) atoms. The lowest BCUT2D eigenvalue weighted by Crippen LogP contribution is -2.28. The Morgan fingerprint density at radius 2 is 2.03 bits per heavy atom. The standard InChI is InChI=1S/C24H32N2O4/c1-17(13-18(2)27)19-5-7-21(8-6-19)30-22-10-12-26(15-22)20-9-11-25-23(14-20)29-16-24(3,4)28/h5-9,11,14,17,22,28H,10,12-13,15-16H2,1-4H3/t17-,22-/m1/s1. The number of pyridine rings is 1. The first-order valence-electron chi connectivity index (χ1n) is 10.5. The Hall–Kier alpha value is -2.60. The fourth-order valence-corrected chi connectivity index (χ4v) is 3.60. The normalized spacial score (nSPS) is 17.6. The van der Waals surface area contributed by atoms with Crippen molar-refractivity contribution >= 4 is 11.5 Å². The van der Waals surface area contributed by atoms with Crippen LogP contribution < -0.4 is 14.4 Å². The summed E-state index contributed by atoms with van der Waals surface area (Å²) >= 11 is 0. The number of carbonyl (C=O) groups excluding carboxylic acids is 1. The van der Waals surface area contributed by atoms with Crippen molar-refractivity contribution in [3.63, 3.8) is 0 Å². The number of anilines is 1. The highest BCUT2D eigenvalue weighted by Gasteiger charge is 2.25. The van der Waals surface area contributed by atoms with Crippen LogP contribution in [-0.4, -0.2) is 47.3 Å². The lowest BCUT2D eigenvalue weighted by Gasteiger charge is -2.21. The molecule has 1 fully saturated rings. The van der Waals surface area contributed by atoms with Crippen molar-refractivity contribution in [3.05, 3.63) is 48.2 Å². The van der Waals surface area contributed by atoms with E-state index in [1.165, 1.54) is 0 Å². The summed E-state index contributed by atoms with van der Waals surface area (Å²) in [6.07, 6.45) is 3.33. The first-order chi connectivity index (χ1) is 14.2. The Kier molecular flexibility index (Phi) is 6.98. The molecule has 2 heterocycles. The zero-order chi connectivity index (χ0) is 21.7. The van der Waals surface area contributed by atoms with Gasteiger partial charge in [-0.1, -0.05) is 19.1 Å². The van der Waals surface area contributed by atoms with Gasteiger partial charge in [0, 0.05) is 37.3 Å². The highest BCUT2D eigenvalue weighted by Crippen LogP contribution is 2.27. The smallest absolute Gasteiger partial charge is 0.215 e. The van der Waals surface area contributed by atoms with E-state index in [2.05, 4.69) is 16.8 Å². The topological polar surface area (TPSA) is 71.9 Å². The second kappa shape index (κ2) is 9.47. The van der Waals surface area contributed by atoms with Crippen LogP contribution in [0, 0.1) is 0 Å². The molecule has 0 unspecified atom stereocenters. The SMILES string of the molecule is CC(=O)C[C@@H](C)c1ccc(O[C@@H]2CCN(c3ccnc(OCC(C)(C)O)c3)C2)cc1. The average molecular weight is 413 g/mol. The minimum atomic E-state index is -0.899. The van der Waals surface area contributed by atoms with E-state index in [4.69, 9.17) is 9.47 Å². The number of benzene rings is 1. The van der Waals surface area contributed by atoms with Crippen LogP contribution in [0.5, 0.6) is 11.6 Å². The summed E-state index contributed by atoms with van der Waals surface area (Å²) in [5.41, 5.74) is 1.29. The van der Waals surface area contributed by atoms with Crippen molar-refractivity contribution in [1.82, 2.24) is 4.98 Å². The predicted octanol–water partition coefficient (Wildman–Crippen LogP) is 3.97. The maximum Gasteiger partial charge on any atom is 0.215 e. The van der Waals surface area contributed by atoms with Crippen LogP contribution in [0.2, 0.25) is 0 Å². The maximum absolute atomic E-state index is 11.3. The Labute approximate surface area is 178 Å². The van der Waals surface area contributed by atoms with Crippen molar-refractivity contribution in [1.29, 1.82) is 0 Å². The van der Waals surface area contributed by atoms with Gasteiger partial charge in [0.15, 0.2) is 0 Å². The quantitative estimate of drug-likeness (QED) is 0.672. The van der Waals surface area contributed by atoms with Crippen LogP contribution in [0.3, 0.4) is 0 Å². The van der Waals surface area contributed by atoms with E-state index in [-0.39, 0.29) is 24.4 Å². The summed E-state index contributed by atoms with van der Waals surface area (Å²) in [5, 5.41) is 9.83. The number of nitrogens with zero attached hydrogens (tertiary/aromatic N) is 2. The average Bonchev–Trinajstić information content (AvgIpc) is 3.15. The maximum atomic E-state index is 11.3. The second-order valence-electron chi connectivity index (χ2n) is 8.80. The van der Waals surface area contributed by atoms with Gasteiger partial charge in [-0.3, -0.25) is 0 Å². The second-order valence-corrected chi connectivity index (χ2v) is 8.80. The van der Waals surface area contributed by atoms with E-state index >= 15 is 0 Å². The Balaban J connectivity index is 1.55. The van der Waals surface area contributed by atoms with Crippen LogP contribution in [0.15, 0.2) is 42.6 Å². The number of hydrogen-bond donors (Lipinski definition) is 1. The van der Waals surface area contributed by atoms with Gasteiger partial charge in [-0.05, 0) is 50.5 Å². The minimum absolute atomic E-state index is 0.111. The Morgan fingerprint density at radius 1 is 1.30 bits per heavy atom. The summed E-state index contributed by atoms with van der Waals surface area (Å²) in [4.78, 5) is 17.8. The summed E-state index contributed by atoms with van der Waals surface area (Å²) in [7, 11) is 0. The summed E-state index contributed by atoms with van der Waals surface area (Å²) in [6.45, 7) is 8.98. The first kappa shape index (κ1) is 22.1. The number of ether oxygens (including phenoxy) is 2. The number of Topliss-reactive ketones (excluding diaryl/α,β-unsaturated/α-hetero) is 1. The molecule has 0 bridgehead atoms. The van der Waals surface area contributed by atoms with Gasteiger partial charge in [-0.2, -0.15) is 0 Å². The first-order valence-corrected chi connectivity index (χ1v) is 10.5. The number of aromatic nitrogens is 1. The molecule has 3 rings (SSSR count). The fraction of sp³-hybridized carbons (Fsp3) is 0.500. The molecule has 1 aliphatic heterocycles. The van der Waals surface area contributed by atoms with Crippen LogP contribution in [0.1, 0.15) is 52.0 Å². The van der Waals surface area contributed by atoms with Gasteiger partial charge in [0.05, 0.1) is 12.1 Å². The van der Waals surface area contributed by atoms with Crippen molar-refractivity contribution in [2.24, 2.45) is 0 Å². The Bertz CT molecular complexity index is 845. The number of aliphatic hydroxyl groups is 1. The van der Waals surface area contributed by atoms with E-state index < -0.39 is 5.60 Å². The van der Waals surface area contributed by atoms with E-state index in [0.717, 1.165) is 36.5 Å². The van der Waals surface area contributed by atoms with E-state index in [1.54, 1.807) is 27.0 Å². The van der Waals surface area contributed by atoms with Gasteiger partial charge in [-0.25, -0.2) is 4.98 Å². The molecule has 2 aromatic rings. The molecule has 1 aromatic heterocycles. The highest BCUT2D eigenvalue weighted by molar-refractivity contribution is 5.76. The molecule has 1 saturated heterocycles. The number of hydrogen-bond acceptors (Lipinski definition) is 6. The van der Waals surface area contributed by atoms with Gasteiger partial charge in [0.25, 0.3) is 0 Å². The van der Waals surface area contributed by atoms with E-state index in [0.29, 0.717) is 12.3 Å². The predicted molar refractivity (Wildman–Crippen MR) is 117 cm³/mol. The van der Waals surface area contributed by atoms with Crippen LogP contribution in [0.25, 0.3) is 0 Å². The van der Waals surface area contributed by atoms with Crippen LogP contribution in [-0.2, 0) is 4.79 Å². The molecule has 1 aromatic carbocycles. The molecule has 0 aliphatic carbocycles. The zero-order valence-corrected chi connectivity index (χ0v) is 18.3. The lowest BCUT2D eigenvalue weighted by molar-refractivity contribution is -0.117. The van der Waals surface area contributed by atoms with Gasteiger partial charge in [-0.15, -0.1) is 0 Å². The molecule has 1 aliphatic rings. The molecular weight excluding hydrogens is 380 g/mol. The largest absolute Gasteiger partial charge is 0.489 e. The third kappa shape index (κ3) is 6.46.